The van der Waals surface area contributed by atoms with Gasteiger partial charge >= 0.3 is 0 Å². The Morgan fingerprint density at radius 2 is 1.84 bits per heavy atom. The number of rotatable bonds is 5. The first-order valence-corrected chi connectivity index (χ1v) is 11.1. The van der Waals surface area contributed by atoms with Gasteiger partial charge in [0.1, 0.15) is 5.69 Å². The van der Waals surface area contributed by atoms with Gasteiger partial charge in [-0.1, -0.05) is 58.5 Å². The molecule has 0 saturated carbocycles. The quantitative estimate of drug-likeness (QED) is 0.278. The van der Waals surface area contributed by atoms with Crippen LogP contribution >= 0.6 is 62.3 Å². The predicted octanol–water partition coefficient (Wildman–Crippen LogP) is 6.95. The minimum atomic E-state index is -0.394. The third-order valence-corrected chi connectivity index (χ3v) is 6.24. The molecule has 2 aromatic heterocycles. The van der Waals surface area contributed by atoms with Crippen LogP contribution in [0.2, 0.25) is 20.1 Å². The van der Waals surface area contributed by atoms with E-state index in [0.29, 0.717) is 42.6 Å². The molecule has 11 heteroatoms. The standard InChI is InChI=1S/C20H12BrCl4N5O/c21-13-9-30(8-11-1-3-12(22)6-15(11)24)29-19(13)26-20(31)18-7-17(27-28-18)10-2-4-14(23)16(25)5-10/h1-7,9H,8H2,(H,27,28)(H,26,29,31). The van der Waals surface area contributed by atoms with E-state index in [9.17, 15) is 4.79 Å². The van der Waals surface area contributed by atoms with Crippen molar-refractivity contribution in [1.29, 1.82) is 0 Å². The maximum Gasteiger partial charge on any atom is 0.274 e. The normalized spacial score (nSPS) is 11.0. The van der Waals surface area contributed by atoms with Gasteiger partial charge in [-0.3, -0.25) is 14.6 Å². The fourth-order valence-electron chi connectivity index (χ4n) is 2.80. The Kier molecular flexibility index (Phi) is 6.60. The van der Waals surface area contributed by atoms with Crippen LogP contribution in [0.5, 0.6) is 0 Å². The summed E-state index contributed by atoms with van der Waals surface area (Å²) in [6.07, 6.45) is 1.74. The maximum atomic E-state index is 12.7. The number of anilines is 1. The monoisotopic (exact) mass is 557 g/mol. The van der Waals surface area contributed by atoms with Crippen molar-refractivity contribution in [1.82, 2.24) is 20.0 Å². The van der Waals surface area contributed by atoms with Gasteiger partial charge in [-0.05, 0) is 51.8 Å². The number of hydrogen-bond donors (Lipinski definition) is 2. The molecular weight excluding hydrogens is 548 g/mol. The third-order valence-electron chi connectivity index (χ3n) is 4.33. The third kappa shape index (κ3) is 5.07. The lowest BCUT2D eigenvalue weighted by Gasteiger charge is -2.05. The van der Waals surface area contributed by atoms with Crippen molar-refractivity contribution in [2.24, 2.45) is 0 Å². The summed E-state index contributed by atoms with van der Waals surface area (Å²) in [6, 6.07) is 12.0. The first kappa shape index (κ1) is 22.2. The zero-order valence-electron chi connectivity index (χ0n) is 15.5. The Balaban J connectivity index is 1.49. The predicted molar refractivity (Wildman–Crippen MR) is 127 cm³/mol. The van der Waals surface area contributed by atoms with E-state index in [4.69, 9.17) is 46.4 Å². The van der Waals surface area contributed by atoms with Gasteiger partial charge in [0.05, 0.1) is 26.8 Å². The average Bonchev–Trinajstić information content (AvgIpc) is 3.34. The number of carbonyl (C=O) groups is 1. The van der Waals surface area contributed by atoms with Crippen LogP contribution < -0.4 is 5.32 Å². The van der Waals surface area contributed by atoms with Gasteiger partial charge < -0.3 is 5.32 Å². The lowest BCUT2D eigenvalue weighted by atomic mass is 10.1. The van der Waals surface area contributed by atoms with Gasteiger partial charge in [0.2, 0.25) is 0 Å². The van der Waals surface area contributed by atoms with Crippen LogP contribution in [0.3, 0.4) is 0 Å². The van der Waals surface area contributed by atoms with Crippen LogP contribution in [0, 0.1) is 0 Å². The van der Waals surface area contributed by atoms with E-state index in [0.717, 1.165) is 11.1 Å². The van der Waals surface area contributed by atoms with Crippen molar-refractivity contribution in [2.45, 2.75) is 6.54 Å². The number of nitrogens with zero attached hydrogens (tertiary/aromatic N) is 3. The van der Waals surface area contributed by atoms with E-state index in [1.54, 1.807) is 47.3 Å². The highest BCUT2D eigenvalue weighted by Crippen LogP contribution is 2.28. The summed E-state index contributed by atoms with van der Waals surface area (Å²) in [5.41, 5.74) is 2.41. The van der Waals surface area contributed by atoms with E-state index >= 15 is 0 Å². The molecule has 158 valence electrons. The summed E-state index contributed by atoms with van der Waals surface area (Å²) in [7, 11) is 0. The second-order valence-electron chi connectivity index (χ2n) is 6.51. The van der Waals surface area contributed by atoms with Crippen molar-refractivity contribution in [3.63, 3.8) is 0 Å². The number of hydrogen-bond acceptors (Lipinski definition) is 3. The van der Waals surface area contributed by atoms with Crippen molar-refractivity contribution in [2.75, 3.05) is 5.32 Å². The summed E-state index contributed by atoms with van der Waals surface area (Å²) >= 11 is 27.6. The topological polar surface area (TPSA) is 75.6 Å². The molecule has 0 radical (unpaired) electrons. The molecule has 0 aliphatic carbocycles. The molecule has 2 aromatic carbocycles. The van der Waals surface area contributed by atoms with Gasteiger partial charge in [-0.25, -0.2) is 0 Å². The summed E-state index contributed by atoms with van der Waals surface area (Å²) < 4.78 is 2.28. The zero-order chi connectivity index (χ0) is 22.1. The van der Waals surface area contributed by atoms with Crippen LogP contribution in [0.25, 0.3) is 11.3 Å². The minimum absolute atomic E-state index is 0.267. The van der Waals surface area contributed by atoms with Crippen molar-refractivity contribution >= 4 is 74.1 Å². The molecular formula is C20H12BrCl4N5O. The fraction of sp³-hybridized carbons (Fsp3) is 0.0500. The number of carbonyl (C=O) groups excluding carboxylic acids is 1. The average molecular weight is 560 g/mol. The lowest BCUT2D eigenvalue weighted by Crippen LogP contribution is -2.13. The highest BCUT2D eigenvalue weighted by molar-refractivity contribution is 9.10. The lowest BCUT2D eigenvalue weighted by molar-refractivity contribution is 0.102. The number of benzene rings is 2. The largest absolute Gasteiger partial charge is 0.303 e. The van der Waals surface area contributed by atoms with Crippen LogP contribution in [0.1, 0.15) is 16.1 Å². The van der Waals surface area contributed by atoms with Crippen LogP contribution in [0.4, 0.5) is 5.82 Å². The Hall–Kier alpha value is -2.03. The first-order valence-electron chi connectivity index (χ1n) is 8.79. The summed E-state index contributed by atoms with van der Waals surface area (Å²) in [4.78, 5) is 12.7. The Morgan fingerprint density at radius 3 is 2.58 bits per heavy atom. The molecule has 2 N–H and O–H groups in total. The second kappa shape index (κ2) is 9.22. The molecule has 0 bridgehead atoms. The number of H-pyrrole nitrogens is 1. The molecule has 2 heterocycles. The van der Waals surface area contributed by atoms with Gasteiger partial charge in [0.25, 0.3) is 5.91 Å². The van der Waals surface area contributed by atoms with Crippen LogP contribution in [0.15, 0.2) is 53.1 Å². The Bertz CT molecular complexity index is 1290. The number of aromatic amines is 1. The van der Waals surface area contributed by atoms with Gasteiger partial charge in [-0.15, -0.1) is 0 Å². The molecule has 4 aromatic rings. The summed E-state index contributed by atoms with van der Waals surface area (Å²) in [5, 5.41) is 16.0. The van der Waals surface area contributed by atoms with E-state index in [-0.39, 0.29) is 5.69 Å². The molecule has 4 rings (SSSR count). The van der Waals surface area contributed by atoms with E-state index in [1.165, 1.54) is 0 Å². The molecule has 1 amide bonds. The SMILES string of the molecule is O=C(Nc1nn(Cc2ccc(Cl)cc2Cl)cc1Br)c1cc(-c2ccc(Cl)c(Cl)c2)n[nH]1. The highest BCUT2D eigenvalue weighted by Gasteiger charge is 2.16. The molecule has 0 unspecified atom stereocenters. The molecule has 0 aliphatic rings. The molecule has 0 spiro atoms. The number of aromatic nitrogens is 4. The zero-order valence-corrected chi connectivity index (χ0v) is 20.1. The van der Waals surface area contributed by atoms with Crippen molar-refractivity contribution in [3.05, 3.63) is 84.5 Å². The number of nitrogens with one attached hydrogen (secondary N) is 2. The highest BCUT2D eigenvalue weighted by atomic mass is 79.9. The molecule has 0 atom stereocenters. The van der Waals surface area contributed by atoms with Crippen molar-refractivity contribution < 1.29 is 4.79 Å². The number of amides is 1. The first-order chi connectivity index (χ1) is 14.8. The fourth-order valence-corrected chi connectivity index (χ4v) is 3.98. The van der Waals surface area contributed by atoms with Gasteiger partial charge in [-0.2, -0.15) is 10.2 Å². The second-order valence-corrected chi connectivity index (χ2v) is 9.02. The van der Waals surface area contributed by atoms with Gasteiger partial charge in [0.15, 0.2) is 5.82 Å². The van der Waals surface area contributed by atoms with E-state index < -0.39 is 5.91 Å². The maximum absolute atomic E-state index is 12.7. The van der Waals surface area contributed by atoms with Crippen LogP contribution in [-0.2, 0) is 6.54 Å². The van der Waals surface area contributed by atoms with Crippen molar-refractivity contribution in [3.8, 4) is 11.3 Å². The number of halogens is 5. The van der Waals surface area contributed by atoms with Crippen LogP contribution in [-0.4, -0.2) is 25.9 Å². The minimum Gasteiger partial charge on any atom is -0.303 e. The van der Waals surface area contributed by atoms with Gasteiger partial charge in [0, 0.05) is 21.8 Å². The Morgan fingerprint density at radius 1 is 1.03 bits per heavy atom. The molecule has 0 aliphatic heterocycles. The molecule has 31 heavy (non-hydrogen) atoms. The summed E-state index contributed by atoms with van der Waals surface area (Å²) in [6.45, 7) is 0.413. The molecule has 0 fully saturated rings. The smallest absolute Gasteiger partial charge is 0.274 e. The Labute approximate surface area is 205 Å². The van der Waals surface area contributed by atoms with E-state index in [1.807, 2.05) is 6.07 Å². The summed E-state index contributed by atoms with van der Waals surface area (Å²) in [5.74, 6) is -0.0324. The molecule has 0 saturated heterocycles. The van der Waals surface area contributed by atoms with E-state index in [2.05, 4.69) is 36.5 Å². The molecule has 6 nitrogen and oxygen atoms in total.